The van der Waals surface area contributed by atoms with E-state index < -0.39 is 0 Å². The van der Waals surface area contributed by atoms with Crippen molar-refractivity contribution >= 4 is 32.9 Å². The van der Waals surface area contributed by atoms with Gasteiger partial charge in [0.2, 0.25) is 0 Å². The Morgan fingerprint density at radius 1 is 1.22 bits per heavy atom. The van der Waals surface area contributed by atoms with E-state index in [0.717, 1.165) is 39.0 Å². The Kier molecular flexibility index (Phi) is 3.68. The normalized spacial score (nSPS) is 11.4. The predicted octanol–water partition coefficient (Wildman–Crippen LogP) is 3.84. The minimum absolute atomic E-state index is 0.695. The highest BCUT2D eigenvalue weighted by molar-refractivity contribution is 7.16. The van der Waals surface area contributed by atoms with E-state index in [0.29, 0.717) is 6.54 Å². The molecule has 0 atom stereocenters. The summed E-state index contributed by atoms with van der Waals surface area (Å²) in [5.41, 5.74) is 6.94. The van der Waals surface area contributed by atoms with Crippen LogP contribution in [0.4, 0.5) is 0 Å². The Bertz CT molecular complexity index is 966. The van der Waals surface area contributed by atoms with Crippen molar-refractivity contribution in [1.29, 1.82) is 0 Å². The fraction of sp³-hybridized carbons (Fsp3) is 0.188. The van der Waals surface area contributed by atoms with Gasteiger partial charge < -0.3 is 10.3 Å². The number of aryl methyl sites for hydroxylation is 1. The lowest BCUT2D eigenvalue weighted by molar-refractivity contribution is 0.773. The molecule has 23 heavy (non-hydrogen) atoms. The number of benzene rings is 1. The number of imidazole rings is 1. The predicted molar refractivity (Wildman–Crippen MR) is 95.8 cm³/mol. The van der Waals surface area contributed by atoms with Gasteiger partial charge in [-0.1, -0.05) is 6.07 Å². The molecule has 7 heteroatoms. The molecule has 1 aromatic carbocycles. The first-order chi connectivity index (χ1) is 11.2. The third-order valence-corrected chi connectivity index (χ3v) is 5.30. The van der Waals surface area contributed by atoms with Crippen molar-refractivity contribution < 1.29 is 0 Å². The molecule has 0 saturated heterocycles. The Labute approximate surface area is 141 Å². The van der Waals surface area contributed by atoms with Gasteiger partial charge in [-0.05, 0) is 26.1 Å². The lowest BCUT2D eigenvalue weighted by atomic mass is 10.1. The van der Waals surface area contributed by atoms with Crippen LogP contribution in [0, 0.1) is 6.92 Å². The third kappa shape index (κ3) is 2.67. The first-order valence-electron chi connectivity index (χ1n) is 7.24. The number of rotatable bonds is 4. The van der Waals surface area contributed by atoms with Crippen molar-refractivity contribution in [2.75, 3.05) is 7.05 Å². The molecule has 0 bridgehead atoms. The van der Waals surface area contributed by atoms with E-state index in [-0.39, 0.29) is 0 Å². The van der Waals surface area contributed by atoms with Gasteiger partial charge in [0.1, 0.15) is 16.5 Å². The minimum atomic E-state index is 0.695. The summed E-state index contributed by atoms with van der Waals surface area (Å²) in [5, 5.41) is 6.17. The summed E-state index contributed by atoms with van der Waals surface area (Å²) in [7, 11) is 1.92. The van der Waals surface area contributed by atoms with E-state index in [1.165, 1.54) is 4.70 Å². The third-order valence-electron chi connectivity index (χ3n) is 3.53. The van der Waals surface area contributed by atoms with Crippen LogP contribution in [-0.4, -0.2) is 27.0 Å². The van der Waals surface area contributed by atoms with Crippen LogP contribution in [0.25, 0.3) is 32.2 Å². The highest BCUT2D eigenvalue weighted by atomic mass is 32.1. The van der Waals surface area contributed by atoms with Crippen molar-refractivity contribution in [3.63, 3.8) is 0 Å². The molecule has 0 aliphatic heterocycles. The summed E-state index contributed by atoms with van der Waals surface area (Å²) in [6, 6.07) is 6.27. The maximum atomic E-state index is 4.78. The number of H-pyrrole nitrogens is 1. The summed E-state index contributed by atoms with van der Waals surface area (Å²) in [4.78, 5) is 17.1. The molecule has 4 rings (SSSR count). The molecule has 0 unspecified atom stereocenters. The number of fused-ring (bicyclic) bond motifs is 1. The van der Waals surface area contributed by atoms with E-state index in [1.807, 2.05) is 25.5 Å². The van der Waals surface area contributed by atoms with Crippen LogP contribution in [0.15, 0.2) is 29.1 Å². The van der Waals surface area contributed by atoms with Crippen molar-refractivity contribution in [3.05, 3.63) is 40.6 Å². The number of nitrogens with zero attached hydrogens (tertiary/aromatic N) is 3. The molecule has 0 amide bonds. The number of nitrogens with one attached hydrogen (secondary N) is 2. The second kappa shape index (κ2) is 5.84. The SMILES string of the molecule is CNCc1nc(-c2ccc3ncsc3c2)c(-c2nc(C)cs2)[nH]1. The zero-order valence-corrected chi connectivity index (χ0v) is 14.4. The molecule has 0 aliphatic carbocycles. The topological polar surface area (TPSA) is 66.5 Å². The molecular weight excluding hydrogens is 326 g/mol. The fourth-order valence-corrected chi connectivity index (χ4v) is 4.02. The van der Waals surface area contributed by atoms with Crippen molar-refractivity contribution in [3.8, 4) is 22.0 Å². The molecule has 3 heterocycles. The van der Waals surface area contributed by atoms with Gasteiger partial charge in [0, 0.05) is 16.6 Å². The van der Waals surface area contributed by atoms with Crippen LogP contribution in [0.1, 0.15) is 11.5 Å². The Morgan fingerprint density at radius 2 is 2.13 bits per heavy atom. The quantitative estimate of drug-likeness (QED) is 0.592. The van der Waals surface area contributed by atoms with E-state index >= 15 is 0 Å². The van der Waals surface area contributed by atoms with Gasteiger partial charge in [-0.3, -0.25) is 0 Å². The van der Waals surface area contributed by atoms with E-state index in [2.05, 4.69) is 37.8 Å². The van der Waals surface area contributed by atoms with Gasteiger partial charge in [-0.2, -0.15) is 0 Å². The standard InChI is InChI=1S/C16H15N5S2/c1-9-7-22-16(19-9)15-14(20-13(21-15)6-17-2)10-3-4-11-12(5-10)23-8-18-11/h3-5,7-8,17H,6H2,1-2H3,(H,20,21). The maximum absolute atomic E-state index is 4.78. The Morgan fingerprint density at radius 3 is 2.91 bits per heavy atom. The number of aromatic amines is 1. The summed E-state index contributed by atoms with van der Waals surface area (Å²) >= 11 is 3.28. The van der Waals surface area contributed by atoms with Crippen LogP contribution < -0.4 is 5.32 Å². The van der Waals surface area contributed by atoms with E-state index in [9.17, 15) is 0 Å². The van der Waals surface area contributed by atoms with Crippen molar-refractivity contribution in [2.24, 2.45) is 0 Å². The molecule has 0 aliphatic rings. The molecule has 0 saturated carbocycles. The molecular formula is C16H15N5S2. The summed E-state index contributed by atoms with van der Waals surface area (Å²) in [6.45, 7) is 2.70. The van der Waals surface area contributed by atoms with Crippen LogP contribution in [0.2, 0.25) is 0 Å². The smallest absolute Gasteiger partial charge is 0.142 e. The Balaban J connectivity index is 1.88. The maximum Gasteiger partial charge on any atom is 0.142 e. The number of hydrogen-bond donors (Lipinski definition) is 2. The largest absolute Gasteiger partial charge is 0.338 e. The van der Waals surface area contributed by atoms with Gasteiger partial charge in [-0.15, -0.1) is 22.7 Å². The summed E-state index contributed by atoms with van der Waals surface area (Å²) in [6.07, 6.45) is 0. The average molecular weight is 341 g/mol. The number of thiazole rings is 2. The van der Waals surface area contributed by atoms with Crippen LogP contribution in [0.5, 0.6) is 0 Å². The monoisotopic (exact) mass is 341 g/mol. The van der Waals surface area contributed by atoms with Gasteiger partial charge in [0.05, 0.1) is 28.0 Å². The molecule has 0 spiro atoms. The first kappa shape index (κ1) is 14.5. The second-order valence-corrected chi connectivity index (χ2v) is 7.01. The van der Waals surface area contributed by atoms with Crippen LogP contribution >= 0.6 is 22.7 Å². The highest BCUT2D eigenvalue weighted by Crippen LogP contribution is 2.34. The lowest BCUT2D eigenvalue weighted by Gasteiger charge is -2.00. The molecule has 4 aromatic rings. The van der Waals surface area contributed by atoms with Crippen molar-refractivity contribution in [1.82, 2.24) is 25.3 Å². The first-order valence-corrected chi connectivity index (χ1v) is 9.00. The van der Waals surface area contributed by atoms with Gasteiger partial charge in [0.15, 0.2) is 0 Å². The molecule has 116 valence electrons. The second-order valence-electron chi connectivity index (χ2n) is 5.27. The van der Waals surface area contributed by atoms with E-state index in [1.54, 1.807) is 22.7 Å². The summed E-state index contributed by atoms with van der Waals surface area (Å²) in [5.74, 6) is 0.912. The number of hydrogen-bond acceptors (Lipinski definition) is 6. The van der Waals surface area contributed by atoms with Crippen LogP contribution in [-0.2, 0) is 6.54 Å². The molecule has 5 nitrogen and oxygen atoms in total. The molecule has 0 fully saturated rings. The molecule has 3 aromatic heterocycles. The average Bonchev–Trinajstić information content (AvgIpc) is 3.25. The lowest BCUT2D eigenvalue weighted by Crippen LogP contribution is -2.06. The van der Waals surface area contributed by atoms with Crippen LogP contribution in [0.3, 0.4) is 0 Å². The zero-order chi connectivity index (χ0) is 15.8. The Hall–Kier alpha value is -2.09. The fourth-order valence-electron chi connectivity index (χ4n) is 2.51. The van der Waals surface area contributed by atoms with E-state index in [4.69, 9.17) is 4.98 Å². The molecule has 2 N–H and O–H groups in total. The van der Waals surface area contributed by atoms with Gasteiger partial charge >= 0.3 is 0 Å². The number of aromatic nitrogens is 4. The zero-order valence-electron chi connectivity index (χ0n) is 12.8. The molecule has 0 radical (unpaired) electrons. The van der Waals surface area contributed by atoms with Crippen molar-refractivity contribution in [2.45, 2.75) is 13.5 Å². The van der Waals surface area contributed by atoms with Gasteiger partial charge in [-0.25, -0.2) is 15.0 Å². The highest BCUT2D eigenvalue weighted by Gasteiger charge is 2.17. The summed E-state index contributed by atoms with van der Waals surface area (Å²) < 4.78 is 1.17. The minimum Gasteiger partial charge on any atom is -0.338 e. The van der Waals surface area contributed by atoms with Gasteiger partial charge in [0.25, 0.3) is 0 Å².